The van der Waals surface area contributed by atoms with Gasteiger partial charge < -0.3 is 28.4 Å². The molecule has 96 heavy (non-hydrogen) atoms. The number of allylic oxidation sites excluding steroid dienone is 4. The summed E-state index contributed by atoms with van der Waals surface area (Å²) in [6, 6.07) is 16.6. The van der Waals surface area contributed by atoms with Crippen molar-refractivity contribution in [3.63, 3.8) is 0 Å². The van der Waals surface area contributed by atoms with Gasteiger partial charge in [0.15, 0.2) is 12.6 Å². The van der Waals surface area contributed by atoms with Crippen LogP contribution in [0, 0.1) is 117 Å². The Morgan fingerprint density at radius 1 is 0.271 bits per heavy atom. The van der Waals surface area contributed by atoms with Crippen LogP contribution in [-0.4, -0.2) is 94.3 Å². The van der Waals surface area contributed by atoms with Gasteiger partial charge in [0.05, 0.1) is 38.6 Å². The minimum absolute atomic E-state index is 0. The molecule has 5 aromatic rings. The number of rotatable bonds is 0. The molecule has 1 aromatic carbocycles. The fourth-order valence-corrected chi connectivity index (χ4v) is 9.67. The Morgan fingerprint density at radius 3 is 0.740 bits per heavy atom. The van der Waals surface area contributed by atoms with E-state index < -0.39 is 0 Å². The van der Waals surface area contributed by atoms with E-state index in [1.54, 1.807) is 11.1 Å². The molecule has 0 N–H and O–H groups in total. The monoisotopic (exact) mass is 1330 g/mol. The summed E-state index contributed by atoms with van der Waals surface area (Å²) < 4.78 is 31.5. The molecule has 6 unspecified atom stereocenters. The topological polar surface area (TPSA) is 133 Å². The molecule has 7 aliphatic rings. The highest BCUT2D eigenvalue weighted by Crippen LogP contribution is 2.27. The average Bonchev–Trinajstić information content (AvgIpc) is 3.67. The summed E-state index contributed by atoms with van der Waals surface area (Å²) in [6.45, 7) is 56.0. The summed E-state index contributed by atoms with van der Waals surface area (Å²) in [4.78, 5) is 24.0. The van der Waals surface area contributed by atoms with Crippen molar-refractivity contribution in [2.45, 2.75) is 281 Å². The highest BCUT2D eigenvalue weighted by atomic mass is 16.7. The van der Waals surface area contributed by atoms with Crippen LogP contribution in [0.1, 0.15) is 245 Å². The molecule has 3 aliphatic carbocycles. The quantitative estimate of drug-likeness (QED) is 0.137. The first-order chi connectivity index (χ1) is 45.5. The smallest absolute Gasteiger partial charge is 0.154 e. The van der Waals surface area contributed by atoms with Crippen LogP contribution in [0.15, 0.2) is 109 Å². The summed E-state index contributed by atoms with van der Waals surface area (Å²) in [6.07, 6.45) is 36.0. The molecule has 12 nitrogen and oxygen atoms in total. The minimum Gasteiger partial charge on any atom is -0.378 e. The van der Waals surface area contributed by atoms with Crippen LogP contribution in [-0.2, 0) is 28.4 Å². The number of hydrogen-bond donors (Lipinski definition) is 0. The first kappa shape index (κ1) is 88.9. The van der Waals surface area contributed by atoms with Gasteiger partial charge in [-0.1, -0.05) is 152 Å². The van der Waals surface area contributed by atoms with Gasteiger partial charge in [-0.15, -0.1) is 0 Å². The fourth-order valence-electron chi connectivity index (χ4n) is 9.67. The second-order valence-electron chi connectivity index (χ2n) is 29.3. The molecule has 4 aliphatic heterocycles. The Balaban J connectivity index is 0.00000104. The Kier molecular flexibility index (Phi) is 49.9. The molecule has 8 heterocycles. The molecule has 544 valence electrons. The molecule has 4 saturated heterocycles. The first-order valence-electron chi connectivity index (χ1n) is 36.8. The third-order valence-corrected chi connectivity index (χ3v) is 17.2. The molecular weight excluding hydrogens is 1190 g/mol. The van der Waals surface area contributed by atoms with Gasteiger partial charge in [0.2, 0.25) is 0 Å². The van der Waals surface area contributed by atoms with E-state index in [1.807, 2.05) is 119 Å². The second kappa shape index (κ2) is 53.8. The van der Waals surface area contributed by atoms with Crippen molar-refractivity contribution in [3.8, 4) is 0 Å². The molecule has 0 radical (unpaired) electrons. The van der Waals surface area contributed by atoms with Crippen LogP contribution < -0.4 is 0 Å². The van der Waals surface area contributed by atoms with Crippen LogP contribution in [0.4, 0.5) is 0 Å². The zero-order valence-electron chi connectivity index (χ0n) is 65.4. The van der Waals surface area contributed by atoms with E-state index in [9.17, 15) is 0 Å². The van der Waals surface area contributed by atoms with Gasteiger partial charge >= 0.3 is 0 Å². The third kappa shape index (κ3) is 52.0. The van der Waals surface area contributed by atoms with E-state index >= 15 is 0 Å². The van der Waals surface area contributed by atoms with Gasteiger partial charge in [-0.2, -0.15) is 0 Å². The van der Waals surface area contributed by atoms with E-state index in [0.29, 0.717) is 24.0 Å². The highest BCUT2D eigenvalue weighted by Gasteiger charge is 2.17. The van der Waals surface area contributed by atoms with Crippen molar-refractivity contribution in [1.82, 2.24) is 29.9 Å². The summed E-state index contributed by atoms with van der Waals surface area (Å²) in [5.74, 6) is 8.33. The SMILES string of the molecule is CC1=CCC(C)CC1.CC1=CCC(C)CC1.CC1CCC(C)CC1.CC1CCC(C)OC1.CC1CCC(C)OC1.CC1COC(C)OC1.CC1COC(C)OC1.Cc1ccc(C)cc1.Cc1ccc(C)nc1.Cc1ccc(C)nc1.Cc1cnc(C)nc1.Cc1cnc(C)nc1.[HH]. The maximum Gasteiger partial charge on any atom is 0.154 e. The predicted molar refractivity (Wildman–Crippen MR) is 407 cm³/mol. The molecular formula is C84H142N6O6. The zero-order valence-corrected chi connectivity index (χ0v) is 65.4. The number of hydrogen-bond acceptors (Lipinski definition) is 12. The van der Waals surface area contributed by atoms with Gasteiger partial charge in [0.25, 0.3) is 0 Å². The minimum atomic E-state index is 0. The molecule has 0 bridgehead atoms. The zero-order chi connectivity index (χ0) is 71.8. The Morgan fingerprint density at radius 2 is 0.542 bits per heavy atom. The number of aryl methyl sites for hydroxylation is 10. The molecule has 0 spiro atoms. The van der Waals surface area contributed by atoms with E-state index in [0.717, 1.165) is 109 Å². The van der Waals surface area contributed by atoms with Crippen LogP contribution >= 0.6 is 0 Å². The molecule has 12 rings (SSSR count). The van der Waals surface area contributed by atoms with Crippen molar-refractivity contribution < 1.29 is 29.8 Å². The summed E-state index contributed by atoms with van der Waals surface area (Å²) in [7, 11) is 0. The van der Waals surface area contributed by atoms with Gasteiger partial charge in [0, 0.05) is 75.0 Å². The largest absolute Gasteiger partial charge is 0.378 e. The highest BCUT2D eigenvalue weighted by molar-refractivity contribution is 5.19. The van der Waals surface area contributed by atoms with E-state index in [1.165, 1.54) is 112 Å². The van der Waals surface area contributed by atoms with Gasteiger partial charge in [-0.25, -0.2) is 19.9 Å². The van der Waals surface area contributed by atoms with Crippen LogP contribution in [0.3, 0.4) is 0 Å². The normalized spacial score (nSPS) is 25.4. The number of nitrogens with zero attached hydrogens (tertiary/aromatic N) is 6. The number of aromatic nitrogens is 6. The number of pyridine rings is 2. The molecule has 0 amide bonds. The lowest BCUT2D eigenvalue weighted by Crippen LogP contribution is -2.27. The van der Waals surface area contributed by atoms with Crippen LogP contribution in [0.2, 0.25) is 0 Å². The maximum atomic E-state index is 5.39. The van der Waals surface area contributed by atoms with E-state index in [-0.39, 0.29) is 14.0 Å². The van der Waals surface area contributed by atoms with Crippen molar-refractivity contribution in [2.24, 2.45) is 47.3 Å². The average molecular weight is 1330 g/mol. The third-order valence-electron chi connectivity index (χ3n) is 17.2. The maximum absolute atomic E-state index is 5.39. The van der Waals surface area contributed by atoms with Crippen LogP contribution in [0.5, 0.6) is 0 Å². The standard InChI is InChI=1S/C8H16.2C8H14.C8H10.2C7H9N.2C7H14O.2C6H8N2.2C6H12O2.H2/c4*1-7-3-5-8(2)6-4-7;4*1-6-3-4-7(2)8-5-6;4*1-5-3-7-6(2)8-4-5;/h7-8H,3-6H2,1-2H3;2*3,8H,4-6H2,1-2H3;3-6H,1-2H3;2*3-5H,1-2H3;2*6-7H,3-5H2,1-2H3;2*3-4H,1-2H3;2*5-6H,3-4H2,1-2H3;1H. The van der Waals surface area contributed by atoms with Crippen molar-refractivity contribution in [3.05, 3.63) is 165 Å². The lowest BCUT2D eigenvalue weighted by atomic mass is 9.84. The van der Waals surface area contributed by atoms with Crippen LogP contribution in [0.25, 0.3) is 0 Å². The summed E-state index contributed by atoms with van der Waals surface area (Å²) in [5, 5.41) is 0. The molecule has 12 heteroatoms. The van der Waals surface area contributed by atoms with Gasteiger partial charge in [-0.05, 0) is 245 Å². The Hall–Kier alpha value is -5.08. The molecule has 5 fully saturated rings. The molecule has 1 saturated carbocycles. The summed E-state index contributed by atoms with van der Waals surface area (Å²) >= 11 is 0. The molecule has 4 aromatic heterocycles. The Labute approximate surface area is 590 Å². The lowest BCUT2D eigenvalue weighted by Gasteiger charge is -2.24. The van der Waals surface area contributed by atoms with Crippen molar-refractivity contribution in [2.75, 3.05) is 39.6 Å². The van der Waals surface area contributed by atoms with Crippen molar-refractivity contribution in [1.29, 1.82) is 0 Å². The Bertz CT molecular complexity index is 2120. The fraction of sp³-hybridized carbons (Fsp3) is 0.667. The second-order valence-corrected chi connectivity index (χ2v) is 29.3. The number of benzene rings is 1. The number of ether oxygens (including phenoxy) is 6. The van der Waals surface area contributed by atoms with Crippen molar-refractivity contribution >= 4 is 0 Å². The van der Waals surface area contributed by atoms with Gasteiger partial charge in [-0.3, -0.25) is 9.97 Å². The first-order valence-corrected chi connectivity index (χ1v) is 36.8. The predicted octanol–water partition coefficient (Wildman–Crippen LogP) is 22.1. The lowest BCUT2D eigenvalue weighted by molar-refractivity contribution is -0.187. The van der Waals surface area contributed by atoms with E-state index in [4.69, 9.17) is 28.4 Å². The molecule has 6 atom stereocenters. The summed E-state index contributed by atoms with van der Waals surface area (Å²) in [5.41, 5.74) is 12.6. The van der Waals surface area contributed by atoms with E-state index in [2.05, 4.69) is 175 Å². The van der Waals surface area contributed by atoms with Gasteiger partial charge in [0.1, 0.15) is 11.6 Å².